The van der Waals surface area contributed by atoms with E-state index in [9.17, 15) is 9.59 Å². The Labute approximate surface area is 95.0 Å². The lowest BCUT2D eigenvalue weighted by Gasteiger charge is -2.17. The first-order valence-corrected chi connectivity index (χ1v) is 5.44. The Morgan fingerprint density at radius 3 is 2.38 bits per heavy atom. The quantitative estimate of drug-likeness (QED) is 0.475. The third-order valence-corrected chi connectivity index (χ3v) is 2.10. The Morgan fingerprint density at radius 1 is 1.31 bits per heavy atom. The summed E-state index contributed by atoms with van der Waals surface area (Å²) in [6.07, 6.45) is 1.79. The van der Waals surface area contributed by atoms with Gasteiger partial charge in [0.1, 0.15) is 0 Å². The van der Waals surface area contributed by atoms with Crippen molar-refractivity contribution in [3.05, 3.63) is 0 Å². The summed E-state index contributed by atoms with van der Waals surface area (Å²) < 4.78 is 0. The number of aliphatic hydroxyl groups is 1. The van der Waals surface area contributed by atoms with Crippen LogP contribution in [0.15, 0.2) is 0 Å². The summed E-state index contributed by atoms with van der Waals surface area (Å²) in [7, 11) is 0. The van der Waals surface area contributed by atoms with Gasteiger partial charge in [0.05, 0.1) is 6.10 Å². The first kappa shape index (κ1) is 14.7. The smallest absolute Gasteiger partial charge is 0.328 e. The van der Waals surface area contributed by atoms with Gasteiger partial charge in [-0.1, -0.05) is 19.8 Å². The first-order chi connectivity index (χ1) is 7.49. The fourth-order valence-electron chi connectivity index (χ4n) is 1.16. The van der Waals surface area contributed by atoms with Crippen LogP contribution in [0.5, 0.6) is 0 Å². The van der Waals surface area contributed by atoms with Crippen molar-refractivity contribution in [2.75, 3.05) is 6.54 Å². The predicted octanol–water partition coefficient (Wildman–Crippen LogP) is 0.310. The molecule has 0 aromatic rings. The van der Waals surface area contributed by atoms with Gasteiger partial charge < -0.3 is 20.8 Å². The summed E-state index contributed by atoms with van der Waals surface area (Å²) in [4.78, 5) is 21.9. The van der Waals surface area contributed by atoms with Crippen molar-refractivity contribution in [1.29, 1.82) is 0 Å². The summed E-state index contributed by atoms with van der Waals surface area (Å²) in [5.41, 5.74) is 0. The van der Waals surface area contributed by atoms with Gasteiger partial charge in [-0.3, -0.25) is 0 Å². The van der Waals surface area contributed by atoms with E-state index >= 15 is 0 Å². The van der Waals surface area contributed by atoms with Crippen molar-refractivity contribution in [3.63, 3.8) is 0 Å². The van der Waals surface area contributed by atoms with E-state index in [1.807, 2.05) is 6.92 Å². The van der Waals surface area contributed by atoms with Crippen molar-refractivity contribution >= 4 is 12.0 Å². The molecule has 2 amide bonds. The average molecular weight is 232 g/mol. The Morgan fingerprint density at radius 2 is 1.94 bits per heavy atom. The molecule has 6 nitrogen and oxygen atoms in total. The highest BCUT2D eigenvalue weighted by Gasteiger charge is 2.24. The number of hydrogen-bond donors (Lipinski definition) is 4. The Balaban J connectivity index is 3.87. The van der Waals surface area contributed by atoms with Gasteiger partial charge >= 0.3 is 12.0 Å². The molecule has 0 heterocycles. The molecule has 94 valence electrons. The number of hydrogen-bond acceptors (Lipinski definition) is 3. The predicted molar refractivity (Wildman–Crippen MR) is 59.2 cm³/mol. The van der Waals surface area contributed by atoms with Gasteiger partial charge in [0.25, 0.3) is 0 Å². The van der Waals surface area contributed by atoms with E-state index in [1.54, 1.807) is 0 Å². The van der Waals surface area contributed by atoms with E-state index in [2.05, 4.69) is 10.6 Å². The van der Waals surface area contributed by atoms with E-state index in [0.717, 1.165) is 19.3 Å². The summed E-state index contributed by atoms with van der Waals surface area (Å²) >= 11 is 0. The minimum absolute atomic E-state index is 0.506. The molecule has 0 bridgehead atoms. The highest BCUT2D eigenvalue weighted by molar-refractivity contribution is 5.82. The molecule has 0 spiro atoms. The van der Waals surface area contributed by atoms with Crippen molar-refractivity contribution in [3.8, 4) is 0 Å². The molecule has 0 aliphatic carbocycles. The minimum Gasteiger partial charge on any atom is -0.480 e. The summed E-state index contributed by atoms with van der Waals surface area (Å²) in [6.45, 7) is 3.87. The topological polar surface area (TPSA) is 98.7 Å². The second-order valence-corrected chi connectivity index (χ2v) is 3.66. The number of carbonyl (C=O) groups excluding carboxylic acids is 1. The first-order valence-electron chi connectivity index (χ1n) is 5.44. The largest absolute Gasteiger partial charge is 0.480 e. The molecule has 0 saturated heterocycles. The molecule has 0 radical (unpaired) electrons. The van der Waals surface area contributed by atoms with E-state index in [-0.39, 0.29) is 0 Å². The van der Waals surface area contributed by atoms with E-state index in [4.69, 9.17) is 10.2 Å². The van der Waals surface area contributed by atoms with Crippen LogP contribution in [0.25, 0.3) is 0 Å². The molecule has 0 rings (SSSR count). The van der Waals surface area contributed by atoms with Gasteiger partial charge in [-0.05, 0) is 13.3 Å². The number of rotatable bonds is 7. The number of carboxylic acids is 1. The minimum atomic E-state index is -1.27. The highest BCUT2D eigenvalue weighted by Crippen LogP contribution is 1.94. The van der Waals surface area contributed by atoms with Crippen molar-refractivity contribution in [2.45, 2.75) is 45.3 Å². The SMILES string of the molecule is CCCCCNC(=O)N[C@H](C(=O)O)[C@@H](C)O. The average Bonchev–Trinajstić information content (AvgIpc) is 2.20. The Hall–Kier alpha value is -1.30. The van der Waals surface area contributed by atoms with E-state index in [0.29, 0.717) is 6.54 Å². The molecular weight excluding hydrogens is 212 g/mol. The third kappa shape index (κ3) is 6.23. The van der Waals surface area contributed by atoms with Crippen LogP contribution in [0, 0.1) is 0 Å². The lowest BCUT2D eigenvalue weighted by Crippen LogP contribution is -2.51. The zero-order chi connectivity index (χ0) is 12.6. The van der Waals surface area contributed by atoms with Crippen LogP contribution in [0.2, 0.25) is 0 Å². The van der Waals surface area contributed by atoms with E-state index < -0.39 is 24.1 Å². The fraction of sp³-hybridized carbons (Fsp3) is 0.800. The van der Waals surface area contributed by atoms with Gasteiger partial charge in [-0.25, -0.2) is 9.59 Å². The van der Waals surface area contributed by atoms with Crippen molar-refractivity contribution in [1.82, 2.24) is 10.6 Å². The molecule has 2 atom stereocenters. The molecular formula is C10H20N2O4. The number of amides is 2. The maximum absolute atomic E-state index is 11.2. The highest BCUT2D eigenvalue weighted by atomic mass is 16.4. The normalized spacial score (nSPS) is 13.9. The van der Waals surface area contributed by atoms with Crippen LogP contribution in [0.4, 0.5) is 4.79 Å². The number of unbranched alkanes of at least 4 members (excludes halogenated alkanes) is 2. The number of urea groups is 1. The summed E-state index contributed by atoms with van der Waals surface area (Å²) in [5.74, 6) is -1.25. The molecule has 0 aliphatic rings. The van der Waals surface area contributed by atoms with Crippen LogP contribution in [-0.4, -0.2) is 40.9 Å². The van der Waals surface area contributed by atoms with Gasteiger partial charge in [0, 0.05) is 6.54 Å². The lowest BCUT2D eigenvalue weighted by molar-refractivity contribution is -0.141. The molecule has 16 heavy (non-hydrogen) atoms. The third-order valence-electron chi connectivity index (χ3n) is 2.10. The lowest BCUT2D eigenvalue weighted by atomic mass is 10.2. The van der Waals surface area contributed by atoms with Crippen LogP contribution in [-0.2, 0) is 4.79 Å². The molecule has 6 heteroatoms. The molecule has 0 aliphatic heterocycles. The van der Waals surface area contributed by atoms with Gasteiger partial charge in [-0.15, -0.1) is 0 Å². The standard InChI is InChI=1S/C10H20N2O4/c1-3-4-5-6-11-10(16)12-8(7(2)13)9(14)15/h7-8,13H,3-6H2,1-2H3,(H,14,15)(H2,11,12,16)/t7-,8+/m1/s1. The zero-order valence-corrected chi connectivity index (χ0v) is 9.69. The second kappa shape index (κ2) is 7.92. The van der Waals surface area contributed by atoms with Gasteiger partial charge in [0.2, 0.25) is 0 Å². The van der Waals surface area contributed by atoms with Crippen LogP contribution < -0.4 is 10.6 Å². The molecule has 0 fully saturated rings. The Bertz CT molecular complexity index is 231. The van der Waals surface area contributed by atoms with Crippen molar-refractivity contribution in [2.24, 2.45) is 0 Å². The van der Waals surface area contributed by atoms with Crippen LogP contribution in [0.3, 0.4) is 0 Å². The molecule has 0 aromatic heterocycles. The van der Waals surface area contributed by atoms with Gasteiger partial charge in [0.15, 0.2) is 6.04 Å². The molecule has 0 aromatic carbocycles. The maximum Gasteiger partial charge on any atom is 0.328 e. The fourth-order valence-corrected chi connectivity index (χ4v) is 1.16. The zero-order valence-electron chi connectivity index (χ0n) is 9.69. The molecule has 4 N–H and O–H groups in total. The summed E-state index contributed by atoms with van der Waals surface area (Å²) in [5, 5.41) is 22.5. The van der Waals surface area contributed by atoms with Gasteiger partial charge in [-0.2, -0.15) is 0 Å². The number of carbonyl (C=O) groups is 2. The van der Waals surface area contributed by atoms with Crippen LogP contribution >= 0.6 is 0 Å². The number of nitrogens with one attached hydrogen (secondary N) is 2. The van der Waals surface area contributed by atoms with Crippen LogP contribution in [0.1, 0.15) is 33.1 Å². The summed E-state index contributed by atoms with van der Waals surface area (Å²) in [6, 6.07) is -1.84. The number of carboxylic acid groups (broad SMARTS) is 1. The maximum atomic E-state index is 11.2. The molecule has 0 saturated carbocycles. The van der Waals surface area contributed by atoms with E-state index in [1.165, 1.54) is 6.92 Å². The Kier molecular flexibility index (Phi) is 7.28. The molecule has 0 unspecified atom stereocenters. The second-order valence-electron chi connectivity index (χ2n) is 3.66. The monoisotopic (exact) mass is 232 g/mol. The number of aliphatic carboxylic acids is 1. The van der Waals surface area contributed by atoms with Crippen molar-refractivity contribution < 1.29 is 19.8 Å². The number of aliphatic hydroxyl groups excluding tert-OH is 1.